The van der Waals surface area contributed by atoms with Gasteiger partial charge in [-0.05, 0) is 44.4 Å². The molecule has 88 valence electrons. The molecule has 0 aliphatic carbocycles. The summed E-state index contributed by atoms with van der Waals surface area (Å²) >= 11 is 6.56. The van der Waals surface area contributed by atoms with Crippen molar-refractivity contribution < 1.29 is 0 Å². The summed E-state index contributed by atoms with van der Waals surface area (Å²) in [5.74, 6) is 0. The molecule has 1 aromatic heterocycles. The Labute approximate surface area is 104 Å². The van der Waals surface area contributed by atoms with Gasteiger partial charge in [-0.25, -0.2) is 0 Å². The van der Waals surface area contributed by atoms with Crippen LogP contribution in [0.3, 0.4) is 0 Å². The normalized spacial score (nSPS) is 30.2. The number of hydrogen-bond acceptors (Lipinski definition) is 5. The Balaban J connectivity index is 1.62. The van der Waals surface area contributed by atoms with E-state index in [0.29, 0.717) is 6.04 Å². The number of piperidine rings is 1. The number of hydrogen-bond donors (Lipinski definition) is 2. The highest BCUT2D eigenvalue weighted by atomic mass is 32.1. The minimum Gasteiger partial charge on any atom is -0.357 e. The van der Waals surface area contributed by atoms with Gasteiger partial charge in [-0.2, -0.15) is 0 Å². The minimum atomic E-state index is 0.577. The molecule has 16 heavy (non-hydrogen) atoms. The Morgan fingerprint density at radius 1 is 1.44 bits per heavy atom. The summed E-state index contributed by atoms with van der Waals surface area (Å²) in [6.45, 7) is 2.54. The maximum atomic E-state index is 5.03. The van der Waals surface area contributed by atoms with E-state index >= 15 is 0 Å². The molecule has 0 saturated carbocycles. The zero-order valence-corrected chi connectivity index (χ0v) is 10.7. The summed E-state index contributed by atoms with van der Waals surface area (Å²) in [5.41, 5.74) is 0. The van der Waals surface area contributed by atoms with E-state index in [1.165, 1.54) is 50.1 Å². The van der Waals surface area contributed by atoms with Gasteiger partial charge in [0.05, 0.1) is 0 Å². The number of fused-ring (bicyclic) bond motifs is 1. The van der Waals surface area contributed by atoms with Crippen molar-refractivity contribution >= 4 is 28.7 Å². The van der Waals surface area contributed by atoms with Gasteiger partial charge in [0.2, 0.25) is 5.13 Å². The first-order chi connectivity index (χ1) is 7.81. The quantitative estimate of drug-likeness (QED) is 0.797. The molecule has 3 rings (SSSR count). The third kappa shape index (κ3) is 2.14. The Kier molecular flexibility index (Phi) is 2.95. The Morgan fingerprint density at radius 3 is 3.19 bits per heavy atom. The van der Waals surface area contributed by atoms with Gasteiger partial charge in [0.1, 0.15) is 0 Å². The van der Waals surface area contributed by atoms with Crippen LogP contribution in [0.2, 0.25) is 0 Å². The molecule has 0 amide bonds. The number of H-pyrrole nitrogens is 1. The van der Waals surface area contributed by atoms with Crippen molar-refractivity contribution in [2.75, 3.05) is 18.4 Å². The number of aromatic nitrogens is 2. The predicted octanol–water partition coefficient (Wildman–Crippen LogP) is 2.24. The molecule has 0 aromatic carbocycles. The van der Waals surface area contributed by atoms with Gasteiger partial charge in [-0.1, -0.05) is 11.3 Å². The van der Waals surface area contributed by atoms with E-state index in [2.05, 4.69) is 20.4 Å². The first-order valence-electron chi connectivity index (χ1n) is 5.87. The molecule has 6 heteroatoms. The third-order valence-corrected chi connectivity index (χ3v) is 4.61. The van der Waals surface area contributed by atoms with Gasteiger partial charge in [0.15, 0.2) is 3.95 Å². The van der Waals surface area contributed by atoms with Gasteiger partial charge in [0, 0.05) is 18.6 Å². The Morgan fingerprint density at radius 2 is 2.38 bits per heavy atom. The molecule has 1 aromatic rings. The van der Waals surface area contributed by atoms with Crippen molar-refractivity contribution in [3.8, 4) is 0 Å². The zero-order chi connectivity index (χ0) is 11.0. The fourth-order valence-corrected chi connectivity index (χ4v) is 3.69. The van der Waals surface area contributed by atoms with Crippen molar-refractivity contribution in [3.63, 3.8) is 0 Å². The second kappa shape index (κ2) is 4.43. The molecule has 0 radical (unpaired) electrons. The van der Waals surface area contributed by atoms with Crippen LogP contribution in [0.25, 0.3) is 0 Å². The number of nitrogens with zero attached hydrogens (tertiary/aromatic N) is 2. The van der Waals surface area contributed by atoms with Crippen molar-refractivity contribution in [1.29, 1.82) is 0 Å². The topological polar surface area (TPSA) is 44.0 Å². The van der Waals surface area contributed by atoms with Gasteiger partial charge in [-0.15, -0.1) is 5.10 Å². The predicted molar refractivity (Wildman–Crippen MR) is 68.5 cm³/mol. The zero-order valence-electron chi connectivity index (χ0n) is 9.11. The van der Waals surface area contributed by atoms with Gasteiger partial charge < -0.3 is 10.2 Å². The van der Waals surface area contributed by atoms with Crippen LogP contribution in [-0.4, -0.2) is 40.3 Å². The molecule has 2 aliphatic heterocycles. The number of nitrogens with one attached hydrogen (secondary N) is 2. The van der Waals surface area contributed by atoms with E-state index in [0.717, 1.165) is 15.1 Å². The summed E-state index contributed by atoms with van der Waals surface area (Å²) in [6, 6.07) is 1.38. The largest absolute Gasteiger partial charge is 0.357 e. The van der Waals surface area contributed by atoms with E-state index in [1.807, 2.05) is 0 Å². The fraction of sp³-hybridized carbons (Fsp3) is 0.800. The van der Waals surface area contributed by atoms with Crippen LogP contribution in [0.15, 0.2) is 0 Å². The lowest BCUT2D eigenvalue weighted by atomic mass is 9.98. The average molecular weight is 256 g/mol. The average Bonchev–Trinajstić information content (AvgIpc) is 2.87. The van der Waals surface area contributed by atoms with Gasteiger partial charge in [-0.3, -0.25) is 5.10 Å². The highest BCUT2D eigenvalue weighted by Gasteiger charge is 2.31. The second-order valence-electron chi connectivity index (χ2n) is 4.62. The number of anilines is 1. The monoisotopic (exact) mass is 256 g/mol. The third-order valence-electron chi connectivity index (χ3n) is 3.59. The Bertz CT molecular complexity index is 413. The van der Waals surface area contributed by atoms with Crippen LogP contribution in [0.5, 0.6) is 0 Å². The smallest absolute Gasteiger partial charge is 0.204 e. The fourth-order valence-electron chi connectivity index (χ4n) is 2.82. The summed E-state index contributed by atoms with van der Waals surface area (Å²) in [5, 5.41) is 11.4. The molecule has 0 bridgehead atoms. The van der Waals surface area contributed by atoms with Crippen LogP contribution in [0, 0.1) is 3.95 Å². The molecule has 2 N–H and O–H groups in total. The highest BCUT2D eigenvalue weighted by Crippen LogP contribution is 2.28. The van der Waals surface area contributed by atoms with E-state index in [-0.39, 0.29) is 0 Å². The summed E-state index contributed by atoms with van der Waals surface area (Å²) in [6.07, 6.45) is 5.22. The molecule has 2 unspecified atom stereocenters. The first-order valence-corrected chi connectivity index (χ1v) is 7.10. The van der Waals surface area contributed by atoms with E-state index in [1.54, 1.807) is 0 Å². The van der Waals surface area contributed by atoms with Crippen molar-refractivity contribution in [1.82, 2.24) is 15.1 Å². The molecule has 3 heterocycles. The standard InChI is InChI=1S/C10H16N4S2/c15-10-13-12-9(16-10)11-7-3-5-14-4-1-2-8(14)6-7/h7-8H,1-6H2,(H,11,12)(H,13,15). The van der Waals surface area contributed by atoms with Crippen molar-refractivity contribution in [2.24, 2.45) is 0 Å². The lowest BCUT2D eigenvalue weighted by Gasteiger charge is -2.34. The first kappa shape index (κ1) is 10.7. The lowest BCUT2D eigenvalue weighted by molar-refractivity contribution is 0.188. The van der Waals surface area contributed by atoms with Crippen LogP contribution < -0.4 is 5.32 Å². The van der Waals surface area contributed by atoms with Gasteiger partial charge >= 0.3 is 0 Å². The molecule has 2 fully saturated rings. The van der Waals surface area contributed by atoms with Crippen LogP contribution >= 0.6 is 23.6 Å². The maximum absolute atomic E-state index is 5.03. The molecule has 2 aliphatic rings. The number of aromatic amines is 1. The van der Waals surface area contributed by atoms with Crippen LogP contribution in [0.4, 0.5) is 5.13 Å². The molecular weight excluding hydrogens is 240 g/mol. The molecule has 2 saturated heterocycles. The SMILES string of the molecule is S=c1[nH]nc(NC2CCN3CCCC3C2)s1. The molecular formula is C10H16N4S2. The summed E-state index contributed by atoms with van der Waals surface area (Å²) in [4.78, 5) is 2.63. The molecule has 0 spiro atoms. The van der Waals surface area contributed by atoms with Crippen LogP contribution in [0.1, 0.15) is 25.7 Å². The van der Waals surface area contributed by atoms with Crippen molar-refractivity contribution in [3.05, 3.63) is 3.95 Å². The minimum absolute atomic E-state index is 0.577. The molecule has 4 nitrogen and oxygen atoms in total. The number of rotatable bonds is 2. The van der Waals surface area contributed by atoms with Crippen LogP contribution in [-0.2, 0) is 0 Å². The lowest BCUT2D eigenvalue weighted by Crippen LogP contribution is -2.42. The summed E-state index contributed by atoms with van der Waals surface area (Å²) in [7, 11) is 0. The molecule has 2 atom stereocenters. The highest BCUT2D eigenvalue weighted by molar-refractivity contribution is 7.73. The van der Waals surface area contributed by atoms with E-state index < -0.39 is 0 Å². The maximum Gasteiger partial charge on any atom is 0.204 e. The van der Waals surface area contributed by atoms with E-state index in [9.17, 15) is 0 Å². The Hall–Kier alpha value is -0.460. The van der Waals surface area contributed by atoms with Gasteiger partial charge in [0.25, 0.3) is 0 Å². The summed E-state index contributed by atoms with van der Waals surface area (Å²) < 4.78 is 0.751. The van der Waals surface area contributed by atoms with E-state index in [4.69, 9.17) is 12.2 Å². The van der Waals surface area contributed by atoms with Crippen molar-refractivity contribution in [2.45, 2.75) is 37.8 Å². The second-order valence-corrected chi connectivity index (χ2v) is 6.28.